The van der Waals surface area contributed by atoms with Crippen molar-refractivity contribution in [2.45, 2.75) is 38.6 Å². The Hall–Kier alpha value is -1.39. The number of fused-ring (bicyclic) bond motifs is 1. The van der Waals surface area contributed by atoms with Gasteiger partial charge in [0.15, 0.2) is 5.13 Å². The highest BCUT2D eigenvalue weighted by Crippen LogP contribution is 2.29. The smallest absolute Gasteiger partial charge is 0.183 e. The van der Waals surface area contributed by atoms with Crippen LogP contribution >= 0.6 is 11.3 Å². The monoisotopic (exact) mass is 302 g/mol. The van der Waals surface area contributed by atoms with Crippen LogP contribution in [0.3, 0.4) is 0 Å². The van der Waals surface area contributed by atoms with Crippen molar-refractivity contribution in [2.24, 2.45) is 0 Å². The Morgan fingerprint density at radius 2 is 2.10 bits per heavy atom. The summed E-state index contributed by atoms with van der Waals surface area (Å²) in [6.07, 6.45) is 5.08. The SMILES string of the molecule is COC[C@@H](C)Nc1nc(-c2ccc3c(c2)CCCC3)cs1. The minimum Gasteiger partial charge on any atom is -0.383 e. The summed E-state index contributed by atoms with van der Waals surface area (Å²) in [5.74, 6) is 0. The molecule has 0 amide bonds. The summed E-state index contributed by atoms with van der Waals surface area (Å²) in [5, 5.41) is 6.47. The fourth-order valence-electron chi connectivity index (χ4n) is 2.87. The van der Waals surface area contributed by atoms with E-state index in [-0.39, 0.29) is 6.04 Å². The molecule has 3 nitrogen and oxygen atoms in total. The number of aromatic nitrogens is 1. The van der Waals surface area contributed by atoms with E-state index in [9.17, 15) is 0 Å². The zero-order valence-electron chi connectivity index (χ0n) is 12.7. The highest BCUT2D eigenvalue weighted by molar-refractivity contribution is 7.14. The number of aryl methyl sites for hydroxylation is 2. The Balaban J connectivity index is 1.76. The molecule has 1 aliphatic carbocycles. The molecule has 1 atom stereocenters. The number of rotatable bonds is 5. The van der Waals surface area contributed by atoms with E-state index < -0.39 is 0 Å². The number of ether oxygens (including phenoxy) is 1. The van der Waals surface area contributed by atoms with Crippen molar-refractivity contribution in [3.05, 3.63) is 34.7 Å². The van der Waals surface area contributed by atoms with Crippen LogP contribution in [0.15, 0.2) is 23.6 Å². The molecule has 0 spiro atoms. The number of thiazole rings is 1. The van der Waals surface area contributed by atoms with Gasteiger partial charge in [-0.2, -0.15) is 0 Å². The average molecular weight is 302 g/mol. The molecule has 1 heterocycles. The minimum atomic E-state index is 0.275. The first kappa shape index (κ1) is 14.5. The van der Waals surface area contributed by atoms with E-state index in [0.29, 0.717) is 6.61 Å². The average Bonchev–Trinajstić information content (AvgIpc) is 2.95. The Morgan fingerprint density at radius 1 is 1.29 bits per heavy atom. The van der Waals surface area contributed by atoms with Gasteiger partial charge in [-0.05, 0) is 49.8 Å². The van der Waals surface area contributed by atoms with E-state index in [1.165, 1.54) is 42.4 Å². The van der Waals surface area contributed by atoms with Crippen molar-refractivity contribution in [1.82, 2.24) is 4.98 Å². The molecule has 112 valence electrons. The van der Waals surface area contributed by atoms with Crippen molar-refractivity contribution in [1.29, 1.82) is 0 Å². The van der Waals surface area contributed by atoms with Crippen LogP contribution in [0.25, 0.3) is 11.3 Å². The number of nitrogens with one attached hydrogen (secondary N) is 1. The highest BCUT2D eigenvalue weighted by Gasteiger charge is 2.12. The Bertz CT molecular complexity index is 609. The van der Waals surface area contributed by atoms with Gasteiger partial charge >= 0.3 is 0 Å². The van der Waals surface area contributed by atoms with E-state index >= 15 is 0 Å². The van der Waals surface area contributed by atoms with Crippen LogP contribution in [-0.2, 0) is 17.6 Å². The lowest BCUT2D eigenvalue weighted by Gasteiger charge is -2.16. The highest BCUT2D eigenvalue weighted by atomic mass is 32.1. The zero-order valence-corrected chi connectivity index (χ0v) is 13.5. The fourth-order valence-corrected chi connectivity index (χ4v) is 3.70. The van der Waals surface area contributed by atoms with Gasteiger partial charge in [-0.25, -0.2) is 4.98 Å². The lowest BCUT2D eigenvalue weighted by atomic mass is 9.90. The molecule has 2 aromatic rings. The number of hydrogen-bond acceptors (Lipinski definition) is 4. The Labute approximate surface area is 130 Å². The van der Waals surface area contributed by atoms with E-state index in [4.69, 9.17) is 9.72 Å². The molecular weight excluding hydrogens is 280 g/mol. The molecule has 1 aliphatic rings. The first-order chi connectivity index (χ1) is 10.3. The van der Waals surface area contributed by atoms with Gasteiger partial charge < -0.3 is 10.1 Å². The molecule has 1 N–H and O–H groups in total. The molecule has 0 saturated carbocycles. The summed E-state index contributed by atoms with van der Waals surface area (Å²) < 4.78 is 5.14. The number of nitrogens with zero attached hydrogens (tertiary/aromatic N) is 1. The molecule has 0 radical (unpaired) electrons. The second-order valence-electron chi connectivity index (χ2n) is 5.73. The number of methoxy groups -OCH3 is 1. The van der Waals surface area contributed by atoms with Gasteiger partial charge in [-0.1, -0.05) is 12.1 Å². The molecular formula is C17H22N2OS. The maximum Gasteiger partial charge on any atom is 0.183 e. The summed E-state index contributed by atoms with van der Waals surface area (Å²) >= 11 is 1.66. The molecule has 0 saturated heterocycles. The first-order valence-corrected chi connectivity index (χ1v) is 8.47. The maximum atomic E-state index is 5.14. The number of hydrogen-bond donors (Lipinski definition) is 1. The molecule has 1 aromatic carbocycles. The Morgan fingerprint density at radius 3 is 2.90 bits per heavy atom. The van der Waals surface area contributed by atoms with Crippen LogP contribution in [0.2, 0.25) is 0 Å². The maximum absolute atomic E-state index is 5.14. The quantitative estimate of drug-likeness (QED) is 0.901. The number of anilines is 1. The zero-order chi connectivity index (χ0) is 14.7. The molecule has 21 heavy (non-hydrogen) atoms. The van der Waals surface area contributed by atoms with Crippen molar-refractivity contribution in [3.8, 4) is 11.3 Å². The third-order valence-electron chi connectivity index (χ3n) is 3.93. The lowest BCUT2D eigenvalue weighted by Crippen LogP contribution is -2.20. The second-order valence-corrected chi connectivity index (χ2v) is 6.59. The van der Waals surface area contributed by atoms with Crippen molar-refractivity contribution in [3.63, 3.8) is 0 Å². The van der Waals surface area contributed by atoms with Crippen LogP contribution in [0.5, 0.6) is 0 Å². The molecule has 3 rings (SSSR count). The van der Waals surface area contributed by atoms with Gasteiger partial charge in [0.2, 0.25) is 0 Å². The normalized spacial score (nSPS) is 15.5. The number of benzene rings is 1. The summed E-state index contributed by atoms with van der Waals surface area (Å²) in [6.45, 7) is 2.79. The van der Waals surface area contributed by atoms with Gasteiger partial charge in [0.1, 0.15) is 0 Å². The third kappa shape index (κ3) is 3.44. The second kappa shape index (κ2) is 6.58. The molecule has 0 aliphatic heterocycles. The van der Waals surface area contributed by atoms with Gasteiger partial charge in [0.25, 0.3) is 0 Å². The van der Waals surface area contributed by atoms with Crippen LogP contribution < -0.4 is 5.32 Å². The standard InChI is InChI=1S/C17H22N2OS/c1-12(10-20-2)18-17-19-16(11-21-17)15-8-7-13-5-3-4-6-14(13)9-15/h7-9,11-12H,3-6,10H2,1-2H3,(H,18,19)/t12-/m1/s1. The molecule has 1 aromatic heterocycles. The van der Waals surface area contributed by atoms with Crippen molar-refractivity contribution in [2.75, 3.05) is 19.0 Å². The van der Waals surface area contributed by atoms with E-state index in [1.807, 2.05) is 0 Å². The Kier molecular flexibility index (Phi) is 4.56. The third-order valence-corrected chi connectivity index (χ3v) is 4.71. The predicted molar refractivity (Wildman–Crippen MR) is 89.2 cm³/mol. The minimum absolute atomic E-state index is 0.275. The van der Waals surface area contributed by atoms with Crippen LogP contribution in [0.4, 0.5) is 5.13 Å². The summed E-state index contributed by atoms with van der Waals surface area (Å²) in [5.41, 5.74) is 5.33. The van der Waals surface area contributed by atoms with Crippen LogP contribution in [0.1, 0.15) is 30.9 Å². The van der Waals surface area contributed by atoms with E-state index in [1.54, 1.807) is 18.4 Å². The van der Waals surface area contributed by atoms with Gasteiger partial charge in [-0.3, -0.25) is 0 Å². The lowest BCUT2D eigenvalue weighted by molar-refractivity contribution is 0.190. The van der Waals surface area contributed by atoms with Gasteiger partial charge in [0.05, 0.1) is 12.3 Å². The fraction of sp³-hybridized carbons (Fsp3) is 0.471. The first-order valence-electron chi connectivity index (χ1n) is 7.59. The summed E-state index contributed by atoms with van der Waals surface area (Å²) in [6, 6.07) is 7.09. The molecule has 0 bridgehead atoms. The van der Waals surface area contributed by atoms with Crippen molar-refractivity contribution < 1.29 is 4.74 Å². The van der Waals surface area contributed by atoms with Gasteiger partial charge in [0, 0.05) is 24.1 Å². The van der Waals surface area contributed by atoms with E-state index in [0.717, 1.165) is 10.8 Å². The molecule has 0 fully saturated rings. The predicted octanol–water partition coefficient (Wildman–Crippen LogP) is 4.14. The van der Waals surface area contributed by atoms with Crippen molar-refractivity contribution >= 4 is 16.5 Å². The topological polar surface area (TPSA) is 34.1 Å². The van der Waals surface area contributed by atoms with Crippen LogP contribution in [-0.4, -0.2) is 24.7 Å². The summed E-state index contributed by atoms with van der Waals surface area (Å²) in [4.78, 5) is 4.70. The molecule has 0 unspecified atom stereocenters. The van der Waals surface area contributed by atoms with Gasteiger partial charge in [-0.15, -0.1) is 11.3 Å². The largest absolute Gasteiger partial charge is 0.383 e. The van der Waals surface area contributed by atoms with Crippen LogP contribution in [0, 0.1) is 0 Å². The summed E-state index contributed by atoms with van der Waals surface area (Å²) in [7, 11) is 1.72. The molecule has 4 heteroatoms. The van der Waals surface area contributed by atoms with E-state index in [2.05, 4.69) is 35.8 Å².